The van der Waals surface area contributed by atoms with Gasteiger partial charge >= 0.3 is 5.97 Å². The Morgan fingerprint density at radius 2 is 1.94 bits per heavy atom. The van der Waals surface area contributed by atoms with Crippen molar-refractivity contribution < 1.29 is 24.9 Å². The second kappa shape index (κ2) is 13.5. The van der Waals surface area contributed by atoms with Gasteiger partial charge in [-0.2, -0.15) is 0 Å². The number of imidazole rings is 1. The topological polar surface area (TPSA) is 193 Å². The molecule has 0 saturated heterocycles. The SMILES string of the molecule is CNC(=O)[C@]12CC1[C@@H](n1cnc3c(NCc4cccc(Cl)c4)nc(C#CCCCCc4cn(-c5ccc(C(=O)O)cc5)nn4)nc31)[C@H](O)[C@@H]2O. The molecule has 2 saturated carbocycles. The lowest BCUT2D eigenvalue weighted by Gasteiger charge is -2.23. The number of nitrogens with zero attached hydrogens (tertiary/aromatic N) is 7. The van der Waals surface area contributed by atoms with Crippen LogP contribution in [0.15, 0.2) is 61.1 Å². The van der Waals surface area contributed by atoms with Crippen LogP contribution in [0.3, 0.4) is 0 Å². The Bertz CT molecular complexity index is 2140. The maximum Gasteiger partial charge on any atom is 0.335 e. The summed E-state index contributed by atoms with van der Waals surface area (Å²) in [6.45, 7) is 0.415. The summed E-state index contributed by atoms with van der Waals surface area (Å²) >= 11 is 6.19. The minimum atomic E-state index is -1.22. The number of aromatic nitrogens is 7. The smallest absolute Gasteiger partial charge is 0.335 e. The predicted molar refractivity (Wildman–Crippen MR) is 183 cm³/mol. The molecule has 2 aliphatic rings. The van der Waals surface area contributed by atoms with Crippen molar-refractivity contribution in [1.82, 2.24) is 39.8 Å². The highest BCUT2D eigenvalue weighted by atomic mass is 35.5. The number of amides is 1. The highest BCUT2D eigenvalue weighted by Gasteiger charge is 2.75. The van der Waals surface area contributed by atoms with Crippen LogP contribution < -0.4 is 10.6 Å². The lowest BCUT2D eigenvalue weighted by Crippen LogP contribution is -2.41. The first-order valence-corrected chi connectivity index (χ1v) is 16.6. The fourth-order valence-electron chi connectivity index (χ4n) is 6.89. The first-order valence-electron chi connectivity index (χ1n) is 16.2. The van der Waals surface area contributed by atoms with Crippen molar-refractivity contribution in [2.24, 2.45) is 11.3 Å². The summed E-state index contributed by atoms with van der Waals surface area (Å²) in [6.07, 6.45) is 4.34. The highest BCUT2D eigenvalue weighted by molar-refractivity contribution is 6.30. The van der Waals surface area contributed by atoms with Crippen molar-refractivity contribution in [3.63, 3.8) is 0 Å². The number of anilines is 1. The van der Waals surface area contributed by atoms with Gasteiger partial charge in [0, 0.05) is 31.0 Å². The van der Waals surface area contributed by atoms with Crippen LogP contribution in [0, 0.1) is 23.2 Å². The summed E-state index contributed by atoms with van der Waals surface area (Å²) in [5.41, 5.74) is 2.55. The van der Waals surface area contributed by atoms with Crippen molar-refractivity contribution in [1.29, 1.82) is 0 Å². The molecule has 3 aromatic heterocycles. The quantitative estimate of drug-likeness (QED) is 0.101. The third kappa shape index (κ3) is 6.15. The number of fused-ring (bicyclic) bond motifs is 2. The molecule has 5 N–H and O–H groups in total. The summed E-state index contributed by atoms with van der Waals surface area (Å²) in [6, 6.07) is 13.3. The van der Waals surface area contributed by atoms with E-state index in [1.807, 2.05) is 24.4 Å². The second-order valence-corrected chi connectivity index (χ2v) is 13.0. The van der Waals surface area contributed by atoms with Crippen LogP contribution in [0.25, 0.3) is 16.9 Å². The van der Waals surface area contributed by atoms with Gasteiger partial charge in [-0.3, -0.25) is 4.79 Å². The number of carbonyl (C=O) groups is 2. The molecule has 1 amide bonds. The zero-order chi connectivity index (χ0) is 35.0. The second-order valence-electron chi connectivity index (χ2n) is 12.6. The molecule has 0 aliphatic heterocycles. The van der Waals surface area contributed by atoms with E-state index in [0.29, 0.717) is 47.8 Å². The summed E-state index contributed by atoms with van der Waals surface area (Å²) in [5.74, 6) is 5.42. The maximum absolute atomic E-state index is 12.7. The van der Waals surface area contributed by atoms with Crippen LogP contribution in [-0.4, -0.2) is 81.0 Å². The van der Waals surface area contributed by atoms with Crippen LogP contribution in [0.2, 0.25) is 5.02 Å². The maximum atomic E-state index is 12.7. The fourth-order valence-corrected chi connectivity index (χ4v) is 7.10. The lowest BCUT2D eigenvalue weighted by molar-refractivity contribution is -0.132. The zero-order valence-electron chi connectivity index (χ0n) is 27.0. The van der Waals surface area contributed by atoms with E-state index in [2.05, 4.69) is 42.8 Å². The number of nitrogens with one attached hydrogen (secondary N) is 2. The van der Waals surface area contributed by atoms with Crippen LogP contribution in [0.5, 0.6) is 0 Å². The molecule has 5 atom stereocenters. The van der Waals surface area contributed by atoms with Crippen LogP contribution in [0.1, 0.15) is 59.2 Å². The fraction of sp³-hybridized carbons (Fsp3) is 0.343. The van der Waals surface area contributed by atoms with Gasteiger partial charge in [-0.1, -0.05) is 34.9 Å². The number of unbranched alkanes of at least 4 members (excludes halogenated alkanes) is 2. The van der Waals surface area contributed by atoms with Gasteiger partial charge in [-0.05, 0) is 73.6 Å². The number of aliphatic hydroxyl groups is 2. The molecule has 50 heavy (non-hydrogen) atoms. The Labute approximate surface area is 291 Å². The number of halogens is 1. The minimum Gasteiger partial charge on any atom is -0.478 e. The summed E-state index contributed by atoms with van der Waals surface area (Å²) < 4.78 is 3.35. The van der Waals surface area contributed by atoms with E-state index in [9.17, 15) is 19.8 Å². The van der Waals surface area contributed by atoms with Gasteiger partial charge in [-0.25, -0.2) is 24.4 Å². The number of carbonyl (C=O) groups excluding carboxylic acids is 1. The number of rotatable bonds is 11. The normalized spacial score (nSPS) is 22.1. The lowest BCUT2D eigenvalue weighted by atomic mass is 9.98. The molecule has 256 valence electrons. The highest BCUT2D eigenvalue weighted by Crippen LogP contribution is 2.67. The monoisotopic (exact) mass is 695 g/mol. The van der Waals surface area contributed by atoms with Gasteiger partial charge < -0.3 is 30.5 Å². The molecule has 14 nitrogen and oxygen atoms in total. The molecule has 2 aliphatic carbocycles. The summed E-state index contributed by atoms with van der Waals surface area (Å²) in [7, 11) is 1.53. The van der Waals surface area contributed by atoms with Gasteiger partial charge in [0.15, 0.2) is 17.0 Å². The van der Waals surface area contributed by atoms with E-state index < -0.39 is 29.6 Å². The molecule has 2 aromatic carbocycles. The molecular weight excluding hydrogens is 662 g/mol. The van der Waals surface area contributed by atoms with Crippen molar-refractivity contribution >= 4 is 40.5 Å². The van der Waals surface area contributed by atoms with Crippen molar-refractivity contribution in [3.05, 3.63) is 88.7 Å². The van der Waals surface area contributed by atoms with E-state index in [1.54, 1.807) is 33.8 Å². The molecule has 1 unspecified atom stereocenters. The average molecular weight is 696 g/mol. The van der Waals surface area contributed by atoms with Crippen molar-refractivity contribution in [2.45, 2.75) is 56.9 Å². The molecule has 15 heteroatoms. The number of hydrogen-bond acceptors (Lipinski definition) is 10. The van der Waals surface area contributed by atoms with Crippen molar-refractivity contribution in [2.75, 3.05) is 12.4 Å². The molecule has 0 bridgehead atoms. The molecule has 0 spiro atoms. The largest absolute Gasteiger partial charge is 0.478 e. The molecule has 0 radical (unpaired) electrons. The molecule has 3 heterocycles. The summed E-state index contributed by atoms with van der Waals surface area (Å²) in [5, 5.41) is 46.1. The Morgan fingerprint density at radius 1 is 1.12 bits per heavy atom. The number of aliphatic hydroxyl groups excluding tert-OH is 2. The third-order valence-corrected chi connectivity index (χ3v) is 9.75. The first-order chi connectivity index (χ1) is 24.2. The van der Waals surface area contributed by atoms with E-state index in [0.717, 1.165) is 29.8 Å². The number of carboxylic acids is 1. The number of hydrogen-bond donors (Lipinski definition) is 5. The van der Waals surface area contributed by atoms with E-state index in [4.69, 9.17) is 21.7 Å². The summed E-state index contributed by atoms with van der Waals surface area (Å²) in [4.78, 5) is 37.8. The molecule has 7 rings (SSSR count). The minimum absolute atomic E-state index is 0.204. The Morgan fingerprint density at radius 3 is 2.70 bits per heavy atom. The first kappa shape index (κ1) is 33.2. The molecular formula is C35H34ClN9O5. The molecule has 2 fully saturated rings. The number of aromatic carboxylic acids is 1. The predicted octanol–water partition coefficient (Wildman–Crippen LogP) is 3.16. The number of benzene rings is 2. The van der Waals surface area contributed by atoms with Crippen LogP contribution in [-0.2, 0) is 17.8 Å². The molecule has 5 aromatic rings. The standard InChI is InChI=1S/C35H34ClN9O5/c1-37-34(50)35-16-25(35)28(29(46)30(35)47)44-19-39-27-31(38-17-20-7-6-8-22(36)15-20)40-26(41-32(27)44)10-5-3-2-4-9-23-18-45(43-42-23)24-13-11-21(12-14-24)33(48)49/h6-8,11-15,18-19,25,28-30,46-47H,2-4,9,16-17H2,1H3,(H,37,50)(H,48,49)(H,38,40,41)/t25?,28-,29+,30+,35-/m1/s1. The number of aryl methyl sites for hydroxylation is 1. The number of carboxylic acid groups (broad SMARTS) is 1. The van der Waals surface area contributed by atoms with Gasteiger partial charge in [-0.15, -0.1) is 5.10 Å². The third-order valence-electron chi connectivity index (χ3n) is 9.52. The van der Waals surface area contributed by atoms with Crippen LogP contribution >= 0.6 is 11.6 Å². The van der Waals surface area contributed by atoms with E-state index >= 15 is 0 Å². The average Bonchev–Trinajstić information content (AvgIpc) is 3.35. The van der Waals surface area contributed by atoms with Crippen molar-refractivity contribution in [3.8, 4) is 17.5 Å². The zero-order valence-corrected chi connectivity index (χ0v) is 27.7. The Kier molecular flexibility index (Phi) is 8.96. The Hall–Kier alpha value is -5.36. The van der Waals surface area contributed by atoms with Gasteiger partial charge in [0.05, 0.1) is 47.0 Å². The Balaban J connectivity index is 1.07. The van der Waals surface area contributed by atoms with E-state index in [1.165, 1.54) is 19.2 Å². The van der Waals surface area contributed by atoms with Gasteiger partial charge in [0.25, 0.3) is 0 Å². The van der Waals surface area contributed by atoms with Gasteiger partial charge in [0.2, 0.25) is 11.7 Å². The van der Waals surface area contributed by atoms with Crippen LogP contribution in [0.4, 0.5) is 5.82 Å². The van der Waals surface area contributed by atoms with E-state index in [-0.39, 0.29) is 23.2 Å². The van der Waals surface area contributed by atoms with Gasteiger partial charge in [0.1, 0.15) is 6.10 Å².